The van der Waals surface area contributed by atoms with Gasteiger partial charge in [-0.2, -0.15) is 0 Å². The zero-order chi connectivity index (χ0) is 14.4. The van der Waals surface area contributed by atoms with Crippen LogP contribution in [0.25, 0.3) is 0 Å². The van der Waals surface area contributed by atoms with Crippen molar-refractivity contribution in [2.24, 2.45) is 5.41 Å². The summed E-state index contributed by atoms with van der Waals surface area (Å²) in [4.78, 5) is 18.0. The molecule has 0 aliphatic heterocycles. The zero-order valence-corrected chi connectivity index (χ0v) is 13.4. The van der Waals surface area contributed by atoms with E-state index in [9.17, 15) is 4.79 Å². The molecule has 0 radical (unpaired) electrons. The number of hydrogen-bond acceptors (Lipinski definition) is 4. The predicted molar refractivity (Wildman–Crippen MR) is 80.3 cm³/mol. The number of nitrogens with zero attached hydrogens (tertiary/aromatic N) is 1. The van der Waals surface area contributed by atoms with E-state index in [0.29, 0.717) is 6.42 Å². The number of fused-ring (bicyclic) bond motifs is 1. The number of hydrogen-bond donors (Lipinski definition) is 0. The summed E-state index contributed by atoms with van der Waals surface area (Å²) >= 11 is 1.59. The molecule has 1 fully saturated rings. The lowest BCUT2D eigenvalue weighted by atomic mass is 9.78. The normalized spacial score (nSPS) is 24.4. The molecule has 0 N–H and O–H groups in total. The van der Waals surface area contributed by atoms with Gasteiger partial charge < -0.3 is 4.74 Å². The average molecular weight is 293 g/mol. The van der Waals surface area contributed by atoms with Crippen LogP contribution in [0, 0.1) is 5.41 Å². The number of carbonyl (C=O) groups is 1. The topological polar surface area (TPSA) is 39.2 Å². The third-order valence-corrected chi connectivity index (χ3v) is 6.00. The minimum atomic E-state index is -0.231. The van der Waals surface area contributed by atoms with Gasteiger partial charge in [0.1, 0.15) is 10.6 Å². The van der Waals surface area contributed by atoms with E-state index in [0.717, 1.165) is 34.8 Å². The van der Waals surface area contributed by atoms with Crippen LogP contribution in [0.4, 0.5) is 0 Å². The summed E-state index contributed by atoms with van der Waals surface area (Å²) in [5.41, 5.74) is 0.820. The third-order valence-electron chi connectivity index (χ3n) is 4.68. The minimum Gasteiger partial charge on any atom is -0.371 e. The first-order valence-corrected chi connectivity index (χ1v) is 8.36. The van der Waals surface area contributed by atoms with Gasteiger partial charge in [0, 0.05) is 13.5 Å². The van der Waals surface area contributed by atoms with E-state index in [2.05, 4.69) is 13.8 Å². The van der Waals surface area contributed by atoms with Gasteiger partial charge in [-0.25, -0.2) is 4.98 Å². The van der Waals surface area contributed by atoms with Gasteiger partial charge in [-0.05, 0) is 24.7 Å². The molecule has 1 aromatic heterocycles. The molecule has 0 amide bonds. The smallest absolute Gasteiger partial charge is 0.175 e. The first kappa shape index (κ1) is 14.2. The lowest BCUT2D eigenvalue weighted by Crippen LogP contribution is -2.31. The van der Waals surface area contributed by atoms with Crippen molar-refractivity contribution in [1.82, 2.24) is 4.98 Å². The molecular formula is C16H23NO2S. The van der Waals surface area contributed by atoms with Crippen molar-refractivity contribution < 1.29 is 9.53 Å². The Bertz CT molecular complexity index is 527. The fraction of sp³-hybridized carbons (Fsp3) is 0.750. The van der Waals surface area contributed by atoms with Gasteiger partial charge in [0.05, 0.1) is 10.6 Å². The lowest BCUT2D eigenvalue weighted by molar-refractivity contribution is -0.0447. The number of carbonyl (C=O) groups excluding carboxylic acids is 1. The molecule has 0 unspecified atom stereocenters. The number of rotatable bonds is 2. The van der Waals surface area contributed by atoms with Crippen LogP contribution in [0.15, 0.2) is 0 Å². The highest BCUT2D eigenvalue weighted by atomic mass is 32.1. The van der Waals surface area contributed by atoms with Crippen LogP contribution in [0.3, 0.4) is 0 Å². The van der Waals surface area contributed by atoms with Crippen LogP contribution in [0.5, 0.6) is 0 Å². The van der Waals surface area contributed by atoms with E-state index in [1.54, 1.807) is 18.4 Å². The van der Waals surface area contributed by atoms with E-state index >= 15 is 0 Å². The van der Waals surface area contributed by atoms with Gasteiger partial charge in [0.2, 0.25) is 0 Å². The zero-order valence-electron chi connectivity index (χ0n) is 12.6. The Morgan fingerprint density at radius 3 is 2.50 bits per heavy atom. The number of thiazole rings is 1. The van der Waals surface area contributed by atoms with Gasteiger partial charge in [-0.15, -0.1) is 11.3 Å². The first-order chi connectivity index (χ1) is 9.46. The second kappa shape index (κ2) is 4.92. The summed E-state index contributed by atoms with van der Waals surface area (Å²) < 4.78 is 5.87. The SMILES string of the molecule is COC1(c2nc3c(s2)C(=O)CC(C)(C)C3)CCCCC1. The molecule has 0 atom stereocenters. The first-order valence-electron chi connectivity index (χ1n) is 7.54. The van der Waals surface area contributed by atoms with Crippen LogP contribution < -0.4 is 0 Å². The molecule has 2 aliphatic carbocycles. The fourth-order valence-electron chi connectivity index (χ4n) is 3.54. The Morgan fingerprint density at radius 2 is 1.85 bits per heavy atom. The molecule has 3 rings (SSSR count). The summed E-state index contributed by atoms with van der Waals surface area (Å²) in [5.74, 6) is 0.266. The van der Waals surface area contributed by atoms with E-state index in [1.807, 2.05) is 0 Å². The average Bonchev–Trinajstić information content (AvgIpc) is 2.82. The number of aromatic nitrogens is 1. The highest BCUT2D eigenvalue weighted by molar-refractivity contribution is 7.14. The monoisotopic (exact) mass is 293 g/mol. The van der Waals surface area contributed by atoms with Gasteiger partial charge in [0.15, 0.2) is 5.78 Å². The Morgan fingerprint density at radius 1 is 1.15 bits per heavy atom. The molecule has 0 saturated heterocycles. The van der Waals surface area contributed by atoms with Crippen molar-refractivity contribution in [2.45, 2.75) is 64.4 Å². The molecule has 1 saturated carbocycles. The highest BCUT2D eigenvalue weighted by Crippen LogP contribution is 2.45. The number of Topliss-reactive ketones (excluding diaryl/α,β-unsaturated/α-hetero) is 1. The van der Waals surface area contributed by atoms with Crippen LogP contribution in [-0.4, -0.2) is 17.9 Å². The van der Waals surface area contributed by atoms with Gasteiger partial charge >= 0.3 is 0 Å². The van der Waals surface area contributed by atoms with Crippen molar-refractivity contribution in [2.75, 3.05) is 7.11 Å². The molecular weight excluding hydrogens is 270 g/mol. The third kappa shape index (κ3) is 2.33. The lowest BCUT2D eigenvalue weighted by Gasteiger charge is -2.34. The second-order valence-corrected chi connectivity index (χ2v) is 7.99. The van der Waals surface area contributed by atoms with E-state index in [-0.39, 0.29) is 16.8 Å². The molecule has 0 aromatic carbocycles. The summed E-state index contributed by atoms with van der Waals surface area (Å²) in [6.45, 7) is 4.30. The van der Waals surface area contributed by atoms with Crippen LogP contribution >= 0.6 is 11.3 Å². The summed E-state index contributed by atoms with van der Waals surface area (Å²) in [6.07, 6.45) is 7.28. The number of ketones is 1. The molecule has 3 nitrogen and oxygen atoms in total. The van der Waals surface area contributed by atoms with Gasteiger partial charge in [0.25, 0.3) is 0 Å². The van der Waals surface area contributed by atoms with Gasteiger partial charge in [-0.1, -0.05) is 33.1 Å². The van der Waals surface area contributed by atoms with Crippen LogP contribution in [-0.2, 0) is 16.8 Å². The molecule has 110 valence electrons. The fourth-order valence-corrected chi connectivity index (χ4v) is 4.79. The maximum absolute atomic E-state index is 12.3. The molecule has 2 aliphatic rings. The summed E-state index contributed by atoms with van der Waals surface area (Å²) in [6, 6.07) is 0. The maximum Gasteiger partial charge on any atom is 0.175 e. The van der Waals surface area contributed by atoms with Crippen molar-refractivity contribution in [1.29, 1.82) is 0 Å². The van der Waals surface area contributed by atoms with Crippen molar-refractivity contribution in [3.63, 3.8) is 0 Å². The molecule has 0 bridgehead atoms. The Balaban J connectivity index is 1.99. The Labute approximate surface area is 124 Å². The molecule has 0 spiro atoms. The molecule has 20 heavy (non-hydrogen) atoms. The molecule has 1 aromatic rings. The number of methoxy groups -OCH3 is 1. The number of ether oxygens (including phenoxy) is 1. The van der Waals surface area contributed by atoms with E-state index in [4.69, 9.17) is 9.72 Å². The van der Waals surface area contributed by atoms with Crippen LogP contribution in [0.1, 0.15) is 72.7 Å². The molecule has 1 heterocycles. The summed E-state index contributed by atoms with van der Waals surface area (Å²) in [7, 11) is 1.79. The van der Waals surface area contributed by atoms with Gasteiger partial charge in [-0.3, -0.25) is 4.79 Å². The van der Waals surface area contributed by atoms with Crippen molar-refractivity contribution in [3.05, 3.63) is 15.6 Å². The van der Waals surface area contributed by atoms with Crippen molar-refractivity contribution in [3.8, 4) is 0 Å². The quantitative estimate of drug-likeness (QED) is 0.824. The molecule has 4 heteroatoms. The second-order valence-electron chi connectivity index (χ2n) is 6.99. The predicted octanol–water partition coefficient (Wildman–Crippen LogP) is 4.10. The highest BCUT2D eigenvalue weighted by Gasteiger charge is 2.40. The Kier molecular flexibility index (Phi) is 3.49. The largest absolute Gasteiger partial charge is 0.371 e. The minimum absolute atomic E-state index is 0.0439. The van der Waals surface area contributed by atoms with Crippen molar-refractivity contribution >= 4 is 17.1 Å². The van der Waals surface area contributed by atoms with E-state index < -0.39 is 0 Å². The Hall–Kier alpha value is -0.740. The maximum atomic E-state index is 12.3. The summed E-state index contributed by atoms with van der Waals surface area (Å²) in [5, 5.41) is 1.04. The standard InChI is InChI=1S/C16H23NO2S/c1-15(2)9-11-13(12(18)10-15)20-14(17-11)16(19-3)7-5-4-6-8-16/h4-10H2,1-3H3. The van der Waals surface area contributed by atoms with E-state index in [1.165, 1.54) is 19.3 Å². The van der Waals surface area contributed by atoms with Crippen LogP contribution in [0.2, 0.25) is 0 Å².